The van der Waals surface area contributed by atoms with Crippen LogP contribution in [-0.2, 0) is 27.4 Å². The van der Waals surface area contributed by atoms with E-state index in [0.29, 0.717) is 11.2 Å². The van der Waals surface area contributed by atoms with Crippen LogP contribution in [0.2, 0.25) is 0 Å². The van der Waals surface area contributed by atoms with Crippen LogP contribution in [0.15, 0.2) is 43.0 Å². The minimum atomic E-state index is -1.20. The smallest absolute Gasteiger partial charge is 0.413 e. The van der Waals surface area contributed by atoms with Crippen LogP contribution in [0.1, 0.15) is 32.8 Å². The molecule has 0 spiro atoms. The maximum atomic E-state index is 12.2. The zero-order valence-electron chi connectivity index (χ0n) is 19.0. The fourth-order valence-electron chi connectivity index (χ4n) is 2.97. The highest BCUT2D eigenvalue weighted by molar-refractivity contribution is 5.93. The van der Waals surface area contributed by atoms with Crippen LogP contribution >= 0.6 is 0 Å². The van der Waals surface area contributed by atoms with Crippen LogP contribution < -0.4 is 10.6 Å². The van der Waals surface area contributed by atoms with Crippen molar-refractivity contribution in [1.82, 2.24) is 24.8 Å². The molecule has 0 saturated heterocycles. The van der Waals surface area contributed by atoms with Crippen LogP contribution in [0.4, 0.5) is 15.4 Å². The monoisotopic (exact) mass is 470 g/mol. The van der Waals surface area contributed by atoms with Crippen LogP contribution in [0.25, 0.3) is 11.2 Å². The van der Waals surface area contributed by atoms with Crippen LogP contribution in [-0.4, -0.2) is 54.4 Å². The van der Waals surface area contributed by atoms with E-state index in [9.17, 15) is 19.5 Å². The van der Waals surface area contributed by atoms with Crippen molar-refractivity contribution in [3.05, 3.63) is 48.5 Å². The summed E-state index contributed by atoms with van der Waals surface area (Å²) in [5.74, 6) is -1.04. The Morgan fingerprint density at radius 2 is 1.82 bits per heavy atom. The number of aromatic nitrogens is 4. The molecule has 34 heavy (non-hydrogen) atoms. The van der Waals surface area contributed by atoms with Crippen molar-refractivity contribution in [2.24, 2.45) is 0 Å². The molecule has 0 fully saturated rings. The quantitative estimate of drug-likeness (QED) is 0.450. The van der Waals surface area contributed by atoms with Gasteiger partial charge in [0, 0.05) is 6.54 Å². The van der Waals surface area contributed by atoms with E-state index in [-0.39, 0.29) is 25.4 Å². The van der Waals surface area contributed by atoms with Crippen LogP contribution in [0.5, 0.6) is 0 Å². The Bertz CT molecular complexity index is 1160. The lowest BCUT2D eigenvalue weighted by atomic mass is 10.2. The number of carbonyl (C=O) groups is 3. The van der Waals surface area contributed by atoms with Crippen molar-refractivity contribution < 1.29 is 29.0 Å². The van der Waals surface area contributed by atoms with Gasteiger partial charge in [-0.1, -0.05) is 30.3 Å². The van der Waals surface area contributed by atoms with Gasteiger partial charge in [-0.25, -0.2) is 29.3 Å². The highest BCUT2D eigenvalue weighted by atomic mass is 16.6. The number of hydrogen-bond donors (Lipinski definition) is 3. The third kappa shape index (κ3) is 6.89. The molecule has 0 bridgehead atoms. The van der Waals surface area contributed by atoms with E-state index < -0.39 is 29.8 Å². The number of carboxylic acid groups (broad SMARTS) is 1. The molecule has 1 aromatic carbocycles. The molecule has 0 aliphatic carbocycles. The SMILES string of the molecule is CC(C)(C)OC(=O)N[C@@H](CCn1cnc2c(NC(=O)OCc3ccccc3)ncnc21)C(=O)O. The van der Waals surface area contributed by atoms with E-state index in [2.05, 4.69) is 25.6 Å². The van der Waals surface area contributed by atoms with Gasteiger partial charge in [-0.3, -0.25) is 5.32 Å². The van der Waals surface area contributed by atoms with Crippen LogP contribution in [0, 0.1) is 0 Å². The molecule has 0 unspecified atom stereocenters. The van der Waals surface area contributed by atoms with Crippen molar-refractivity contribution in [3.63, 3.8) is 0 Å². The number of rotatable bonds is 8. The van der Waals surface area contributed by atoms with Gasteiger partial charge in [-0.15, -0.1) is 0 Å². The first-order chi connectivity index (χ1) is 16.1. The number of anilines is 1. The van der Waals surface area contributed by atoms with Gasteiger partial charge >= 0.3 is 18.2 Å². The molecule has 3 aromatic rings. The Morgan fingerprint density at radius 1 is 1.09 bits per heavy atom. The van der Waals surface area contributed by atoms with Gasteiger partial charge in [-0.05, 0) is 32.8 Å². The minimum absolute atomic E-state index is 0.0475. The molecule has 0 aliphatic rings. The summed E-state index contributed by atoms with van der Waals surface area (Å²) in [6.45, 7) is 5.32. The summed E-state index contributed by atoms with van der Waals surface area (Å²) >= 11 is 0. The zero-order valence-corrected chi connectivity index (χ0v) is 19.0. The third-order valence-corrected chi connectivity index (χ3v) is 4.48. The normalized spacial score (nSPS) is 12.1. The van der Waals surface area contributed by atoms with E-state index in [1.165, 1.54) is 12.7 Å². The molecule has 12 nitrogen and oxygen atoms in total. The number of imidazole rings is 1. The Hall–Kier alpha value is -4.22. The summed E-state index contributed by atoms with van der Waals surface area (Å²) in [7, 11) is 0. The average molecular weight is 470 g/mol. The van der Waals surface area contributed by atoms with Crippen molar-refractivity contribution in [2.45, 2.75) is 52.0 Å². The number of nitrogens with one attached hydrogen (secondary N) is 2. The summed E-state index contributed by atoms with van der Waals surface area (Å²) < 4.78 is 11.9. The maximum absolute atomic E-state index is 12.2. The second kappa shape index (κ2) is 10.6. The molecule has 0 radical (unpaired) electrons. The molecule has 3 rings (SSSR count). The predicted molar refractivity (Wildman–Crippen MR) is 121 cm³/mol. The molecular formula is C22H26N6O6. The molecule has 3 N–H and O–H groups in total. The second-order valence-corrected chi connectivity index (χ2v) is 8.34. The van der Waals surface area contributed by atoms with Crippen molar-refractivity contribution in [1.29, 1.82) is 0 Å². The first-order valence-corrected chi connectivity index (χ1v) is 10.5. The molecule has 180 valence electrons. The Labute approximate surface area is 195 Å². The highest BCUT2D eigenvalue weighted by Gasteiger charge is 2.24. The summed E-state index contributed by atoms with van der Waals surface area (Å²) in [4.78, 5) is 48.2. The number of ether oxygens (including phenoxy) is 2. The number of nitrogens with zero attached hydrogens (tertiary/aromatic N) is 4. The topological polar surface area (TPSA) is 158 Å². The molecule has 2 aromatic heterocycles. The number of hydrogen-bond acceptors (Lipinski definition) is 8. The Morgan fingerprint density at radius 3 is 2.50 bits per heavy atom. The number of aliphatic carboxylic acids is 1. The van der Waals surface area contributed by atoms with E-state index in [0.717, 1.165) is 5.56 Å². The largest absolute Gasteiger partial charge is 0.480 e. The zero-order chi connectivity index (χ0) is 24.7. The standard InChI is InChI=1S/C22H26N6O6/c1-22(2,3)34-21(32)26-15(19(29)30)9-10-28-13-25-16-17(23-12-24-18(16)28)27-20(31)33-11-14-7-5-4-6-8-14/h4-8,12-13,15H,9-11H2,1-3H3,(H,26,32)(H,29,30)(H,23,24,27,31)/t15-/m0/s1. The molecule has 12 heteroatoms. The fourth-order valence-corrected chi connectivity index (χ4v) is 2.97. The van der Waals surface area contributed by atoms with Gasteiger partial charge in [0.25, 0.3) is 0 Å². The molecule has 2 heterocycles. The van der Waals surface area contributed by atoms with Crippen LogP contribution in [0.3, 0.4) is 0 Å². The highest BCUT2D eigenvalue weighted by Crippen LogP contribution is 2.18. The lowest BCUT2D eigenvalue weighted by Crippen LogP contribution is -2.43. The number of carbonyl (C=O) groups excluding carboxylic acids is 2. The maximum Gasteiger partial charge on any atom is 0.413 e. The first-order valence-electron chi connectivity index (χ1n) is 10.5. The van der Waals surface area contributed by atoms with E-state index >= 15 is 0 Å². The molecule has 2 amide bonds. The van der Waals surface area contributed by atoms with E-state index in [4.69, 9.17) is 9.47 Å². The number of amides is 2. The molecule has 1 atom stereocenters. The molecule has 0 saturated carbocycles. The van der Waals surface area contributed by atoms with E-state index in [1.54, 1.807) is 25.3 Å². The van der Waals surface area contributed by atoms with Crippen molar-refractivity contribution >= 4 is 35.1 Å². The van der Waals surface area contributed by atoms with E-state index in [1.807, 2.05) is 30.3 Å². The fraction of sp³-hybridized carbons (Fsp3) is 0.364. The second-order valence-electron chi connectivity index (χ2n) is 8.34. The van der Waals surface area contributed by atoms with Gasteiger partial charge in [0.2, 0.25) is 0 Å². The number of aryl methyl sites for hydroxylation is 1. The Kier molecular flexibility index (Phi) is 7.61. The molecule has 0 aliphatic heterocycles. The summed E-state index contributed by atoms with van der Waals surface area (Å²) in [6.07, 6.45) is 1.23. The third-order valence-electron chi connectivity index (χ3n) is 4.48. The Balaban J connectivity index is 1.63. The summed E-state index contributed by atoms with van der Waals surface area (Å²) in [6, 6.07) is 8.04. The predicted octanol–water partition coefficient (Wildman–Crippen LogP) is 2.94. The average Bonchev–Trinajstić information content (AvgIpc) is 3.18. The number of fused-ring (bicyclic) bond motifs is 1. The number of benzene rings is 1. The lowest BCUT2D eigenvalue weighted by molar-refractivity contribution is -0.139. The first kappa shape index (κ1) is 24.4. The lowest BCUT2D eigenvalue weighted by Gasteiger charge is -2.22. The van der Waals surface area contributed by atoms with Gasteiger partial charge in [-0.2, -0.15) is 0 Å². The molecular weight excluding hydrogens is 444 g/mol. The van der Waals surface area contributed by atoms with Crippen molar-refractivity contribution in [3.8, 4) is 0 Å². The number of carboxylic acids is 1. The summed E-state index contributed by atoms with van der Waals surface area (Å²) in [5.41, 5.74) is 0.777. The van der Waals surface area contributed by atoms with Crippen molar-refractivity contribution in [2.75, 3.05) is 5.32 Å². The van der Waals surface area contributed by atoms with Gasteiger partial charge in [0.15, 0.2) is 17.0 Å². The minimum Gasteiger partial charge on any atom is -0.480 e. The van der Waals surface area contributed by atoms with Gasteiger partial charge in [0.1, 0.15) is 24.6 Å². The van der Waals surface area contributed by atoms with Gasteiger partial charge < -0.3 is 24.5 Å². The van der Waals surface area contributed by atoms with Gasteiger partial charge in [0.05, 0.1) is 6.33 Å². The number of alkyl carbamates (subject to hydrolysis) is 1. The summed E-state index contributed by atoms with van der Waals surface area (Å²) in [5, 5.41) is 14.3.